The molecule has 0 unspecified atom stereocenters. The first kappa shape index (κ1) is 16.3. The third-order valence-corrected chi connectivity index (χ3v) is 4.87. The van der Waals surface area contributed by atoms with Gasteiger partial charge in [0.15, 0.2) is 11.6 Å². The summed E-state index contributed by atoms with van der Waals surface area (Å²) in [6.45, 7) is 1.22. The van der Waals surface area contributed by atoms with Crippen molar-refractivity contribution in [2.75, 3.05) is 19.6 Å². The Morgan fingerprint density at radius 2 is 2.09 bits per heavy atom. The molecule has 1 aliphatic heterocycles. The van der Waals surface area contributed by atoms with Gasteiger partial charge in [0, 0.05) is 19.1 Å². The second-order valence-corrected chi connectivity index (χ2v) is 6.61. The minimum Gasteiger partial charge on any atom is -0.392 e. The van der Waals surface area contributed by atoms with Gasteiger partial charge in [-0.1, -0.05) is 12.5 Å². The molecule has 2 aliphatic rings. The van der Waals surface area contributed by atoms with Crippen molar-refractivity contribution in [3.8, 4) is 0 Å². The Kier molecular flexibility index (Phi) is 4.92. The van der Waals surface area contributed by atoms with Crippen molar-refractivity contribution in [3.63, 3.8) is 0 Å². The van der Waals surface area contributed by atoms with Gasteiger partial charge in [-0.3, -0.25) is 9.69 Å². The van der Waals surface area contributed by atoms with E-state index in [9.17, 15) is 18.7 Å². The second-order valence-electron chi connectivity index (χ2n) is 6.61. The summed E-state index contributed by atoms with van der Waals surface area (Å²) < 4.78 is 26.5. The summed E-state index contributed by atoms with van der Waals surface area (Å²) in [7, 11) is 0. The van der Waals surface area contributed by atoms with Crippen molar-refractivity contribution in [1.82, 2.24) is 10.2 Å². The summed E-state index contributed by atoms with van der Waals surface area (Å²) in [5.74, 6) is -1.29. The van der Waals surface area contributed by atoms with E-state index in [0.29, 0.717) is 31.0 Å². The van der Waals surface area contributed by atoms with Gasteiger partial charge in [-0.15, -0.1) is 0 Å². The fourth-order valence-corrected chi connectivity index (χ4v) is 3.32. The zero-order valence-corrected chi connectivity index (χ0v) is 13.0. The number of nitrogens with one attached hydrogen (secondary N) is 1. The molecule has 1 aliphatic carbocycles. The maximum atomic E-state index is 13.4. The number of nitrogens with zero attached hydrogens (tertiary/aromatic N) is 1. The van der Waals surface area contributed by atoms with Crippen LogP contribution in [0.2, 0.25) is 0 Å². The summed E-state index contributed by atoms with van der Waals surface area (Å²) in [6, 6.07) is 3.48. The van der Waals surface area contributed by atoms with Crippen molar-refractivity contribution in [2.45, 2.75) is 37.8 Å². The molecule has 1 heterocycles. The van der Waals surface area contributed by atoms with E-state index in [1.54, 1.807) is 0 Å². The molecule has 0 spiro atoms. The molecule has 6 heteroatoms. The molecule has 0 bridgehead atoms. The van der Waals surface area contributed by atoms with Crippen LogP contribution in [-0.2, 0) is 4.79 Å². The van der Waals surface area contributed by atoms with E-state index in [4.69, 9.17) is 0 Å². The number of β-amino-alcohol motifs (C(OH)–C–C–N with tert-alkyl or cyclic N) is 1. The second kappa shape index (κ2) is 6.93. The monoisotopic (exact) mass is 324 g/mol. The Bertz CT molecular complexity index is 578. The highest BCUT2D eigenvalue weighted by molar-refractivity contribution is 5.78. The lowest BCUT2D eigenvalue weighted by Gasteiger charge is -2.27. The largest absolute Gasteiger partial charge is 0.392 e. The molecule has 4 nitrogen and oxygen atoms in total. The van der Waals surface area contributed by atoms with Gasteiger partial charge in [-0.2, -0.15) is 0 Å². The molecule has 2 fully saturated rings. The number of aliphatic hydroxyl groups excluding tert-OH is 1. The maximum Gasteiger partial charge on any atom is 0.234 e. The van der Waals surface area contributed by atoms with Gasteiger partial charge < -0.3 is 10.4 Å². The van der Waals surface area contributed by atoms with Crippen LogP contribution in [0.4, 0.5) is 8.78 Å². The van der Waals surface area contributed by atoms with Gasteiger partial charge in [0.2, 0.25) is 5.91 Å². The van der Waals surface area contributed by atoms with Gasteiger partial charge in [-0.25, -0.2) is 8.78 Å². The standard InChI is InChI=1S/C17H22F2N2O2/c18-14-5-4-12(6-15(14)19)16-7-13(22)9-21(16)10-17(23)20-8-11-2-1-3-11/h4-6,11,13,16,22H,1-3,7-10H2,(H,20,23)/t13-,16-/m0/s1. The van der Waals surface area contributed by atoms with Crippen LogP contribution in [0.3, 0.4) is 0 Å². The minimum atomic E-state index is -0.904. The zero-order valence-electron chi connectivity index (χ0n) is 13.0. The van der Waals surface area contributed by atoms with Crippen LogP contribution in [0.1, 0.15) is 37.3 Å². The first-order valence-corrected chi connectivity index (χ1v) is 8.16. The summed E-state index contributed by atoms with van der Waals surface area (Å²) in [5, 5.41) is 12.8. The van der Waals surface area contributed by atoms with E-state index >= 15 is 0 Å². The van der Waals surface area contributed by atoms with Crippen LogP contribution in [0.25, 0.3) is 0 Å². The molecular weight excluding hydrogens is 302 g/mol. The Balaban J connectivity index is 1.61. The number of rotatable bonds is 5. The molecule has 2 N–H and O–H groups in total. The summed E-state index contributed by atoms with van der Waals surface area (Å²) in [5.41, 5.74) is 0.590. The molecule has 3 rings (SSSR count). The van der Waals surface area contributed by atoms with E-state index < -0.39 is 17.7 Å². The van der Waals surface area contributed by atoms with Crippen molar-refractivity contribution in [3.05, 3.63) is 35.4 Å². The van der Waals surface area contributed by atoms with E-state index in [1.165, 1.54) is 25.3 Å². The molecule has 1 amide bonds. The molecular formula is C17H22F2N2O2. The number of likely N-dealkylation sites (tertiary alicyclic amines) is 1. The molecule has 126 valence electrons. The average molecular weight is 324 g/mol. The van der Waals surface area contributed by atoms with E-state index in [0.717, 1.165) is 12.1 Å². The smallest absolute Gasteiger partial charge is 0.234 e. The minimum absolute atomic E-state index is 0.0846. The Labute approximate surface area is 134 Å². The van der Waals surface area contributed by atoms with Crippen LogP contribution < -0.4 is 5.32 Å². The topological polar surface area (TPSA) is 52.6 Å². The van der Waals surface area contributed by atoms with E-state index in [1.807, 2.05) is 4.90 Å². The lowest BCUT2D eigenvalue weighted by atomic mass is 9.85. The van der Waals surface area contributed by atoms with Crippen molar-refractivity contribution in [2.24, 2.45) is 5.92 Å². The number of benzene rings is 1. The molecule has 1 saturated carbocycles. The Hall–Kier alpha value is -1.53. The maximum absolute atomic E-state index is 13.4. The molecule has 0 aromatic heterocycles. The number of hydrogen-bond acceptors (Lipinski definition) is 3. The van der Waals surface area contributed by atoms with Gasteiger partial charge in [-0.05, 0) is 42.9 Å². The van der Waals surface area contributed by atoms with E-state index in [-0.39, 0.29) is 18.5 Å². The number of amides is 1. The fourth-order valence-electron chi connectivity index (χ4n) is 3.32. The lowest BCUT2D eigenvalue weighted by molar-refractivity contribution is -0.122. The normalized spacial score (nSPS) is 25.3. The van der Waals surface area contributed by atoms with Crippen LogP contribution in [-0.4, -0.2) is 41.7 Å². The van der Waals surface area contributed by atoms with Gasteiger partial charge in [0.25, 0.3) is 0 Å². The molecule has 1 aromatic carbocycles. The highest BCUT2D eigenvalue weighted by Crippen LogP contribution is 2.32. The van der Waals surface area contributed by atoms with Gasteiger partial charge in [0.1, 0.15) is 0 Å². The highest BCUT2D eigenvalue weighted by Gasteiger charge is 2.33. The van der Waals surface area contributed by atoms with Crippen molar-refractivity contribution >= 4 is 5.91 Å². The summed E-state index contributed by atoms with van der Waals surface area (Å²) in [6.07, 6.45) is 3.42. The fraction of sp³-hybridized carbons (Fsp3) is 0.588. The molecule has 0 radical (unpaired) electrons. The summed E-state index contributed by atoms with van der Waals surface area (Å²) >= 11 is 0. The zero-order chi connectivity index (χ0) is 16.4. The number of carbonyl (C=O) groups excluding carboxylic acids is 1. The first-order chi connectivity index (χ1) is 11.0. The number of aliphatic hydroxyl groups is 1. The molecule has 1 saturated heterocycles. The average Bonchev–Trinajstić information content (AvgIpc) is 2.81. The number of hydrogen-bond donors (Lipinski definition) is 2. The predicted octanol–water partition coefficient (Wildman–Crippen LogP) is 1.99. The Morgan fingerprint density at radius 3 is 2.74 bits per heavy atom. The van der Waals surface area contributed by atoms with Gasteiger partial charge in [0.05, 0.1) is 12.6 Å². The lowest BCUT2D eigenvalue weighted by Crippen LogP contribution is -2.40. The van der Waals surface area contributed by atoms with Crippen molar-refractivity contribution < 1.29 is 18.7 Å². The summed E-state index contributed by atoms with van der Waals surface area (Å²) in [4.78, 5) is 13.9. The predicted molar refractivity (Wildman–Crippen MR) is 81.6 cm³/mol. The number of halogens is 2. The Morgan fingerprint density at radius 1 is 1.30 bits per heavy atom. The number of carbonyl (C=O) groups is 1. The van der Waals surface area contributed by atoms with Crippen molar-refractivity contribution in [1.29, 1.82) is 0 Å². The highest BCUT2D eigenvalue weighted by atomic mass is 19.2. The van der Waals surface area contributed by atoms with Crippen LogP contribution in [0.5, 0.6) is 0 Å². The molecule has 1 aromatic rings. The quantitative estimate of drug-likeness (QED) is 0.871. The SMILES string of the molecule is O=C(CN1C[C@@H](O)C[C@H]1c1ccc(F)c(F)c1)NCC1CCC1. The first-order valence-electron chi connectivity index (χ1n) is 8.16. The third kappa shape index (κ3) is 3.87. The van der Waals surface area contributed by atoms with Gasteiger partial charge >= 0.3 is 0 Å². The molecule has 2 atom stereocenters. The van der Waals surface area contributed by atoms with E-state index in [2.05, 4.69) is 5.32 Å². The molecule has 23 heavy (non-hydrogen) atoms. The van der Waals surface area contributed by atoms with Crippen LogP contribution >= 0.6 is 0 Å². The van der Waals surface area contributed by atoms with Crippen LogP contribution in [0.15, 0.2) is 18.2 Å². The third-order valence-electron chi connectivity index (χ3n) is 4.87. The van der Waals surface area contributed by atoms with Crippen LogP contribution in [0, 0.1) is 17.6 Å².